The van der Waals surface area contributed by atoms with Crippen molar-refractivity contribution in [3.05, 3.63) is 58.7 Å². The fourth-order valence-electron chi connectivity index (χ4n) is 1.63. The molecule has 0 radical (unpaired) electrons. The Kier molecular flexibility index (Phi) is 3.61. The van der Waals surface area contributed by atoms with Gasteiger partial charge in [0.25, 0.3) is 0 Å². The molecule has 0 amide bonds. The van der Waals surface area contributed by atoms with Crippen LogP contribution in [0, 0.1) is 0 Å². The zero-order valence-electron chi connectivity index (χ0n) is 9.18. The molecule has 1 aromatic carbocycles. The van der Waals surface area contributed by atoms with Gasteiger partial charge >= 0.3 is 0 Å². The van der Waals surface area contributed by atoms with E-state index in [2.05, 4.69) is 4.98 Å². The normalized spacial score (nSPS) is 12.4. The van der Waals surface area contributed by atoms with Crippen molar-refractivity contribution in [2.45, 2.75) is 12.5 Å². The van der Waals surface area contributed by atoms with Crippen molar-refractivity contribution in [2.75, 3.05) is 5.73 Å². The summed E-state index contributed by atoms with van der Waals surface area (Å²) in [5.41, 5.74) is 7.39. The van der Waals surface area contributed by atoms with Gasteiger partial charge in [-0.3, -0.25) is 0 Å². The first-order valence-electron chi connectivity index (χ1n) is 5.29. The molecule has 17 heavy (non-hydrogen) atoms. The van der Waals surface area contributed by atoms with Crippen LogP contribution in [-0.4, -0.2) is 10.1 Å². The number of aliphatic hydroxyl groups is 1. The number of pyridine rings is 1. The first-order valence-corrected chi connectivity index (χ1v) is 5.67. The van der Waals surface area contributed by atoms with Crippen LogP contribution in [0.2, 0.25) is 5.02 Å². The van der Waals surface area contributed by atoms with Gasteiger partial charge < -0.3 is 10.8 Å². The Balaban J connectivity index is 2.14. The summed E-state index contributed by atoms with van der Waals surface area (Å²) >= 11 is 5.79. The molecule has 2 rings (SSSR count). The van der Waals surface area contributed by atoms with E-state index in [-0.39, 0.29) is 0 Å². The van der Waals surface area contributed by atoms with E-state index >= 15 is 0 Å². The highest BCUT2D eigenvalue weighted by molar-refractivity contribution is 6.30. The van der Waals surface area contributed by atoms with Crippen LogP contribution in [0.1, 0.15) is 17.2 Å². The van der Waals surface area contributed by atoms with Gasteiger partial charge in [-0.2, -0.15) is 0 Å². The molecule has 4 heteroatoms. The Labute approximate surface area is 105 Å². The molecule has 3 N–H and O–H groups in total. The number of nitrogen functional groups attached to an aromatic ring is 1. The maximum absolute atomic E-state index is 10.1. The fraction of sp³-hybridized carbons (Fsp3) is 0.154. The molecule has 0 aliphatic rings. The minimum atomic E-state index is -0.598. The van der Waals surface area contributed by atoms with Crippen LogP contribution in [0.3, 0.4) is 0 Å². The van der Waals surface area contributed by atoms with E-state index in [1.807, 2.05) is 6.07 Å². The third-order valence-corrected chi connectivity index (χ3v) is 2.85. The lowest BCUT2D eigenvalue weighted by Crippen LogP contribution is -2.05. The Morgan fingerprint density at radius 1 is 1.24 bits per heavy atom. The van der Waals surface area contributed by atoms with E-state index in [9.17, 15) is 5.11 Å². The summed E-state index contributed by atoms with van der Waals surface area (Å²) in [6, 6.07) is 10.8. The summed E-state index contributed by atoms with van der Waals surface area (Å²) in [6.07, 6.45) is 1.48. The molecule has 0 spiro atoms. The van der Waals surface area contributed by atoms with Crippen molar-refractivity contribution in [1.29, 1.82) is 0 Å². The molecule has 1 aromatic heterocycles. The first-order chi connectivity index (χ1) is 8.16. The SMILES string of the molecule is Nc1ncccc1CC(O)c1ccc(Cl)cc1. The molecule has 1 atom stereocenters. The topological polar surface area (TPSA) is 59.1 Å². The minimum Gasteiger partial charge on any atom is -0.388 e. The number of hydrogen-bond acceptors (Lipinski definition) is 3. The molecule has 0 saturated heterocycles. The fourth-order valence-corrected chi connectivity index (χ4v) is 1.76. The summed E-state index contributed by atoms with van der Waals surface area (Å²) in [6.45, 7) is 0. The van der Waals surface area contributed by atoms with Gasteiger partial charge in [-0.1, -0.05) is 29.8 Å². The van der Waals surface area contributed by atoms with Gasteiger partial charge in [0, 0.05) is 17.6 Å². The number of aromatic nitrogens is 1. The quantitative estimate of drug-likeness (QED) is 0.878. The predicted octanol–water partition coefficient (Wildman–Crippen LogP) is 2.59. The van der Waals surface area contributed by atoms with Gasteiger partial charge in [-0.25, -0.2) is 4.98 Å². The Bertz CT molecular complexity index is 499. The summed E-state index contributed by atoms with van der Waals surface area (Å²) < 4.78 is 0. The third-order valence-electron chi connectivity index (χ3n) is 2.59. The van der Waals surface area contributed by atoms with Gasteiger partial charge in [-0.15, -0.1) is 0 Å². The zero-order valence-corrected chi connectivity index (χ0v) is 9.93. The molecule has 88 valence electrons. The molecule has 0 saturated carbocycles. The summed E-state index contributed by atoms with van der Waals surface area (Å²) in [4.78, 5) is 3.99. The van der Waals surface area contributed by atoms with E-state index in [0.29, 0.717) is 17.3 Å². The molecule has 3 nitrogen and oxygen atoms in total. The molecule has 2 aromatic rings. The van der Waals surface area contributed by atoms with Gasteiger partial charge in [-0.05, 0) is 29.3 Å². The number of halogens is 1. The molecular weight excluding hydrogens is 236 g/mol. The van der Waals surface area contributed by atoms with Crippen molar-refractivity contribution >= 4 is 17.4 Å². The number of anilines is 1. The number of rotatable bonds is 3. The number of benzene rings is 1. The lowest BCUT2D eigenvalue weighted by molar-refractivity contribution is 0.178. The third kappa shape index (κ3) is 2.96. The lowest BCUT2D eigenvalue weighted by atomic mass is 10.0. The first kappa shape index (κ1) is 11.9. The number of hydrogen-bond donors (Lipinski definition) is 2. The van der Waals surface area contributed by atoms with Crippen LogP contribution in [0.15, 0.2) is 42.6 Å². The summed E-state index contributed by atoms with van der Waals surface area (Å²) in [5, 5.41) is 10.7. The molecule has 0 bridgehead atoms. The Hall–Kier alpha value is -1.58. The average molecular weight is 249 g/mol. The molecule has 1 heterocycles. The lowest BCUT2D eigenvalue weighted by Gasteiger charge is -2.12. The molecular formula is C13H13ClN2O. The van der Waals surface area contributed by atoms with Gasteiger partial charge in [0.15, 0.2) is 0 Å². The Morgan fingerprint density at radius 2 is 1.94 bits per heavy atom. The number of nitrogens with zero attached hydrogens (tertiary/aromatic N) is 1. The highest BCUT2D eigenvalue weighted by atomic mass is 35.5. The molecule has 0 aliphatic heterocycles. The van der Waals surface area contributed by atoms with Crippen molar-refractivity contribution in [3.8, 4) is 0 Å². The highest BCUT2D eigenvalue weighted by Crippen LogP contribution is 2.21. The largest absolute Gasteiger partial charge is 0.388 e. The summed E-state index contributed by atoms with van der Waals surface area (Å²) in [7, 11) is 0. The smallest absolute Gasteiger partial charge is 0.126 e. The maximum Gasteiger partial charge on any atom is 0.126 e. The van der Waals surface area contributed by atoms with Gasteiger partial charge in [0.2, 0.25) is 0 Å². The van der Waals surface area contributed by atoms with Crippen molar-refractivity contribution in [1.82, 2.24) is 4.98 Å². The van der Waals surface area contributed by atoms with E-state index < -0.39 is 6.10 Å². The molecule has 0 aliphatic carbocycles. The minimum absolute atomic E-state index is 0.446. The van der Waals surface area contributed by atoms with Crippen molar-refractivity contribution < 1.29 is 5.11 Å². The van der Waals surface area contributed by atoms with Crippen molar-refractivity contribution in [2.24, 2.45) is 0 Å². The second kappa shape index (κ2) is 5.17. The van der Waals surface area contributed by atoms with Crippen LogP contribution < -0.4 is 5.73 Å². The van der Waals surface area contributed by atoms with Gasteiger partial charge in [0.1, 0.15) is 5.82 Å². The average Bonchev–Trinajstić information content (AvgIpc) is 2.33. The van der Waals surface area contributed by atoms with E-state index in [0.717, 1.165) is 11.1 Å². The standard InChI is InChI=1S/C13H13ClN2O/c14-11-5-3-9(4-6-11)12(17)8-10-2-1-7-16-13(10)15/h1-7,12,17H,8H2,(H2,15,16). The van der Waals surface area contributed by atoms with Crippen LogP contribution in [0.25, 0.3) is 0 Å². The highest BCUT2D eigenvalue weighted by Gasteiger charge is 2.10. The second-order valence-electron chi connectivity index (χ2n) is 3.82. The van der Waals surface area contributed by atoms with E-state index in [4.69, 9.17) is 17.3 Å². The van der Waals surface area contributed by atoms with E-state index in [1.165, 1.54) is 0 Å². The number of aliphatic hydroxyl groups excluding tert-OH is 1. The maximum atomic E-state index is 10.1. The van der Waals surface area contributed by atoms with Gasteiger partial charge in [0.05, 0.1) is 6.10 Å². The van der Waals surface area contributed by atoms with Crippen LogP contribution in [0.5, 0.6) is 0 Å². The van der Waals surface area contributed by atoms with Crippen LogP contribution in [-0.2, 0) is 6.42 Å². The Morgan fingerprint density at radius 3 is 2.59 bits per heavy atom. The predicted molar refractivity (Wildman–Crippen MR) is 68.8 cm³/mol. The second-order valence-corrected chi connectivity index (χ2v) is 4.26. The van der Waals surface area contributed by atoms with Crippen molar-refractivity contribution in [3.63, 3.8) is 0 Å². The van der Waals surface area contributed by atoms with Crippen LogP contribution >= 0.6 is 11.6 Å². The summed E-state index contributed by atoms with van der Waals surface area (Å²) in [5.74, 6) is 0.459. The van der Waals surface area contributed by atoms with Crippen LogP contribution in [0.4, 0.5) is 5.82 Å². The monoisotopic (exact) mass is 248 g/mol. The molecule has 0 fully saturated rings. The molecule has 1 unspecified atom stereocenters. The zero-order chi connectivity index (χ0) is 12.3. The number of nitrogens with two attached hydrogens (primary N) is 1. The van der Waals surface area contributed by atoms with E-state index in [1.54, 1.807) is 36.5 Å².